The molecule has 0 spiro atoms. The van der Waals surface area contributed by atoms with Crippen molar-refractivity contribution in [2.45, 2.75) is 6.92 Å². The molecule has 0 aliphatic heterocycles. The summed E-state index contributed by atoms with van der Waals surface area (Å²) < 4.78 is 5.54. The Bertz CT molecular complexity index is 884. The van der Waals surface area contributed by atoms with Gasteiger partial charge in [0, 0.05) is 18.8 Å². The highest BCUT2D eigenvalue weighted by molar-refractivity contribution is 6.04. The molecule has 0 unspecified atom stereocenters. The maximum absolute atomic E-state index is 12.6. The lowest BCUT2D eigenvalue weighted by molar-refractivity contribution is 0.102. The molecular weight excluding hydrogens is 328 g/mol. The molecule has 0 fully saturated rings. The van der Waals surface area contributed by atoms with Gasteiger partial charge < -0.3 is 15.0 Å². The van der Waals surface area contributed by atoms with E-state index in [4.69, 9.17) is 4.74 Å². The molecule has 0 aliphatic carbocycles. The second kappa shape index (κ2) is 8.11. The van der Waals surface area contributed by atoms with Gasteiger partial charge in [0.15, 0.2) is 0 Å². The largest absolute Gasteiger partial charge is 0.492 e. The van der Waals surface area contributed by atoms with Crippen molar-refractivity contribution in [2.75, 3.05) is 23.9 Å². The van der Waals surface area contributed by atoms with Gasteiger partial charge in [-0.1, -0.05) is 30.3 Å². The molecule has 6 heteroatoms. The zero-order chi connectivity index (χ0) is 18.4. The van der Waals surface area contributed by atoms with E-state index in [0.717, 1.165) is 5.69 Å². The monoisotopic (exact) mass is 348 g/mol. The van der Waals surface area contributed by atoms with Crippen molar-refractivity contribution in [1.82, 2.24) is 9.97 Å². The van der Waals surface area contributed by atoms with Gasteiger partial charge in [0.2, 0.25) is 0 Å². The van der Waals surface area contributed by atoms with Gasteiger partial charge in [0.25, 0.3) is 5.91 Å². The fraction of sp³-hybridized carbons (Fsp3) is 0.150. The molecule has 1 amide bonds. The average molecular weight is 348 g/mol. The summed E-state index contributed by atoms with van der Waals surface area (Å²) in [5.41, 5.74) is 1.86. The lowest BCUT2D eigenvalue weighted by atomic mass is 10.2. The fourth-order valence-corrected chi connectivity index (χ4v) is 2.48. The molecule has 0 radical (unpaired) electrons. The number of hydrogen-bond acceptors (Lipinski definition) is 5. The minimum atomic E-state index is -0.317. The standard InChI is InChI=1S/C20H20N4O2/c1-3-26-18-12-8-7-11-16(18)23-20(25)17-13-19(22-14-21-17)24(2)15-9-5-4-6-10-15/h4-14H,3H2,1-2H3,(H,23,25). The Balaban J connectivity index is 1.81. The van der Waals surface area contributed by atoms with Crippen LogP contribution in [0.4, 0.5) is 17.2 Å². The van der Waals surface area contributed by atoms with Crippen molar-refractivity contribution in [2.24, 2.45) is 0 Å². The second-order valence-corrected chi connectivity index (χ2v) is 5.54. The van der Waals surface area contributed by atoms with E-state index in [1.165, 1.54) is 6.33 Å². The van der Waals surface area contributed by atoms with Crippen LogP contribution in [0.1, 0.15) is 17.4 Å². The smallest absolute Gasteiger partial charge is 0.274 e. The third-order valence-corrected chi connectivity index (χ3v) is 3.81. The molecule has 0 bridgehead atoms. The SMILES string of the molecule is CCOc1ccccc1NC(=O)c1cc(N(C)c2ccccc2)ncn1. The number of aromatic nitrogens is 2. The summed E-state index contributed by atoms with van der Waals surface area (Å²) in [7, 11) is 1.89. The summed E-state index contributed by atoms with van der Waals surface area (Å²) in [6, 6.07) is 18.8. The predicted octanol–water partition coefficient (Wildman–Crippen LogP) is 3.90. The van der Waals surface area contributed by atoms with Crippen molar-refractivity contribution in [3.8, 4) is 5.75 Å². The minimum absolute atomic E-state index is 0.282. The number of amides is 1. The molecular formula is C20H20N4O2. The van der Waals surface area contributed by atoms with E-state index < -0.39 is 0 Å². The number of carbonyl (C=O) groups excluding carboxylic acids is 1. The molecule has 1 aromatic heterocycles. The highest BCUT2D eigenvalue weighted by Crippen LogP contribution is 2.25. The third kappa shape index (κ3) is 3.97. The Labute approximate surface area is 152 Å². The molecule has 132 valence electrons. The second-order valence-electron chi connectivity index (χ2n) is 5.54. The van der Waals surface area contributed by atoms with Crippen molar-refractivity contribution in [3.05, 3.63) is 72.7 Å². The average Bonchev–Trinajstić information content (AvgIpc) is 2.70. The van der Waals surface area contributed by atoms with Crippen LogP contribution in [0.3, 0.4) is 0 Å². The van der Waals surface area contributed by atoms with Gasteiger partial charge in [-0.3, -0.25) is 4.79 Å². The van der Waals surface area contributed by atoms with Crippen LogP contribution in [0.15, 0.2) is 67.0 Å². The number of nitrogens with zero attached hydrogens (tertiary/aromatic N) is 3. The lowest BCUT2D eigenvalue weighted by Crippen LogP contribution is -2.17. The number of ether oxygens (including phenoxy) is 1. The molecule has 0 aliphatic rings. The van der Waals surface area contributed by atoms with E-state index in [-0.39, 0.29) is 11.6 Å². The first-order chi connectivity index (χ1) is 12.7. The quantitative estimate of drug-likeness (QED) is 0.732. The Morgan fingerprint density at radius 3 is 2.58 bits per heavy atom. The topological polar surface area (TPSA) is 67.3 Å². The third-order valence-electron chi connectivity index (χ3n) is 3.81. The lowest BCUT2D eigenvalue weighted by Gasteiger charge is -2.18. The van der Waals surface area contributed by atoms with Gasteiger partial charge in [0.05, 0.1) is 12.3 Å². The maximum Gasteiger partial charge on any atom is 0.274 e. The van der Waals surface area contributed by atoms with Gasteiger partial charge >= 0.3 is 0 Å². The Kier molecular flexibility index (Phi) is 5.43. The van der Waals surface area contributed by atoms with E-state index in [0.29, 0.717) is 23.9 Å². The summed E-state index contributed by atoms with van der Waals surface area (Å²) in [6.07, 6.45) is 1.39. The highest BCUT2D eigenvalue weighted by Gasteiger charge is 2.14. The summed E-state index contributed by atoms with van der Waals surface area (Å²) in [5, 5.41) is 2.84. The summed E-state index contributed by atoms with van der Waals surface area (Å²) in [5.74, 6) is 0.941. The number of benzene rings is 2. The van der Waals surface area contributed by atoms with Gasteiger partial charge in [0.1, 0.15) is 23.6 Å². The summed E-state index contributed by atoms with van der Waals surface area (Å²) >= 11 is 0. The number of nitrogens with one attached hydrogen (secondary N) is 1. The first-order valence-electron chi connectivity index (χ1n) is 8.33. The first-order valence-corrected chi connectivity index (χ1v) is 8.33. The Hall–Kier alpha value is -3.41. The number of anilines is 3. The molecule has 1 N–H and O–H groups in total. The highest BCUT2D eigenvalue weighted by atomic mass is 16.5. The van der Waals surface area contributed by atoms with Crippen LogP contribution in [0.2, 0.25) is 0 Å². The van der Waals surface area contributed by atoms with Gasteiger partial charge in [-0.2, -0.15) is 0 Å². The van der Waals surface area contributed by atoms with E-state index in [1.54, 1.807) is 12.1 Å². The summed E-state index contributed by atoms with van der Waals surface area (Å²) in [6.45, 7) is 2.42. The molecule has 26 heavy (non-hydrogen) atoms. The molecule has 1 heterocycles. The van der Waals surface area contributed by atoms with Crippen molar-refractivity contribution < 1.29 is 9.53 Å². The normalized spacial score (nSPS) is 10.2. The minimum Gasteiger partial charge on any atom is -0.492 e. The van der Waals surface area contributed by atoms with Crippen molar-refractivity contribution in [1.29, 1.82) is 0 Å². The first kappa shape index (κ1) is 17.4. The van der Waals surface area contributed by atoms with E-state index >= 15 is 0 Å². The van der Waals surface area contributed by atoms with E-state index in [9.17, 15) is 4.79 Å². The van der Waals surface area contributed by atoms with Gasteiger partial charge in [-0.25, -0.2) is 9.97 Å². The molecule has 6 nitrogen and oxygen atoms in total. The number of rotatable bonds is 6. The molecule has 0 atom stereocenters. The molecule has 0 saturated carbocycles. The van der Waals surface area contributed by atoms with Crippen LogP contribution in [0, 0.1) is 0 Å². The van der Waals surface area contributed by atoms with Crippen LogP contribution in [0.5, 0.6) is 5.75 Å². The van der Waals surface area contributed by atoms with Crippen LogP contribution >= 0.6 is 0 Å². The van der Waals surface area contributed by atoms with Gasteiger partial charge in [-0.05, 0) is 31.2 Å². The van der Waals surface area contributed by atoms with Crippen molar-refractivity contribution in [3.63, 3.8) is 0 Å². The Morgan fingerprint density at radius 2 is 1.81 bits per heavy atom. The van der Waals surface area contributed by atoms with Crippen LogP contribution in [-0.2, 0) is 0 Å². The number of carbonyl (C=O) groups is 1. The van der Waals surface area contributed by atoms with Gasteiger partial charge in [-0.15, -0.1) is 0 Å². The van der Waals surface area contributed by atoms with Crippen molar-refractivity contribution >= 4 is 23.1 Å². The van der Waals surface area contributed by atoms with Crippen LogP contribution in [0.25, 0.3) is 0 Å². The zero-order valence-corrected chi connectivity index (χ0v) is 14.7. The molecule has 2 aromatic carbocycles. The predicted molar refractivity (Wildman–Crippen MR) is 102 cm³/mol. The number of para-hydroxylation sites is 3. The summed E-state index contributed by atoms with van der Waals surface area (Å²) in [4.78, 5) is 22.9. The molecule has 3 rings (SSSR count). The van der Waals surface area contributed by atoms with E-state index in [1.807, 2.05) is 67.4 Å². The fourth-order valence-electron chi connectivity index (χ4n) is 2.48. The van der Waals surface area contributed by atoms with Crippen LogP contribution < -0.4 is 15.0 Å². The molecule has 0 saturated heterocycles. The number of hydrogen-bond donors (Lipinski definition) is 1. The van der Waals surface area contributed by atoms with E-state index in [2.05, 4.69) is 15.3 Å². The van der Waals surface area contributed by atoms with Crippen LogP contribution in [-0.4, -0.2) is 29.5 Å². The zero-order valence-electron chi connectivity index (χ0n) is 14.7. The maximum atomic E-state index is 12.6. The Morgan fingerprint density at radius 1 is 1.08 bits per heavy atom. The molecule has 3 aromatic rings.